The van der Waals surface area contributed by atoms with E-state index in [1.54, 1.807) is 36.4 Å². The van der Waals surface area contributed by atoms with Crippen molar-refractivity contribution in [2.45, 2.75) is 19.6 Å². The molecule has 0 aliphatic carbocycles. The Hall–Kier alpha value is -3.43. The lowest BCUT2D eigenvalue weighted by Gasteiger charge is -2.23. The first-order valence-electron chi connectivity index (χ1n) is 9.65. The normalized spacial score (nSPS) is 13.6. The van der Waals surface area contributed by atoms with Crippen LogP contribution >= 0.6 is 7.75 Å². The number of ether oxygens (including phenoxy) is 1. The molecule has 34 heavy (non-hydrogen) atoms. The van der Waals surface area contributed by atoms with Crippen molar-refractivity contribution >= 4 is 13.7 Å². The largest absolute Gasteiger partial charge is 0.513 e. The Balaban J connectivity index is 1.86. The van der Waals surface area contributed by atoms with Crippen molar-refractivity contribution in [3.63, 3.8) is 0 Å². The summed E-state index contributed by atoms with van der Waals surface area (Å²) in [5, 5.41) is 2.10. The lowest BCUT2D eigenvalue weighted by atomic mass is 10.2. The van der Waals surface area contributed by atoms with E-state index in [4.69, 9.17) is 9.26 Å². The number of carbonyl (C=O) groups excluding carboxylic acids is 1. The van der Waals surface area contributed by atoms with Crippen LogP contribution in [0.5, 0.6) is 11.5 Å². The smallest absolute Gasteiger partial charge is 0.460 e. The Morgan fingerprint density at radius 1 is 0.824 bits per heavy atom. The average Bonchev–Trinajstić information content (AvgIpc) is 2.84. The highest BCUT2D eigenvalue weighted by molar-refractivity contribution is 7.52. The molecule has 2 atom stereocenters. The molecule has 6 nitrogen and oxygen atoms in total. The van der Waals surface area contributed by atoms with E-state index in [0.29, 0.717) is 5.56 Å². The fourth-order valence-electron chi connectivity index (χ4n) is 2.62. The molecule has 0 spiro atoms. The third-order valence-corrected chi connectivity index (χ3v) is 5.86. The third-order valence-electron chi connectivity index (χ3n) is 4.28. The van der Waals surface area contributed by atoms with Gasteiger partial charge >= 0.3 is 13.7 Å². The number of hydrogen-bond donors (Lipinski definition) is 1. The zero-order chi connectivity index (χ0) is 24.9. The van der Waals surface area contributed by atoms with E-state index in [2.05, 4.69) is 9.61 Å². The molecule has 0 bridgehead atoms. The Morgan fingerprint density at radius 2 is 1.32 bits per heavy atom. The van der Waals surface area contributed by atoms with Gasteiger partial charge in [-0.05, 0) is 24.6 Å². The summed E-state index contributed by atoms with van der Waals surface area (Å²) in [6.07, 6.45) is 0. The van der Waals surface area contributed by atoms with Crippen molar-refractivity contribution in [1.82, 2.24) is 5.09 Å². The average molecular weight is 501 g/mol. The SMILES string of the molecule is C[C@H](N[P@](=O)(Oc1ccccc1)Oc1c(F)c(F)c(F)c(F)c1F)C(=O)OCc1ccccc1. The number of carbonyl (C=O) groups is 1. The highest BCUT2D eigenvalue weighted by atomic mass is 31.2. The molecule has 0 aliphatic heterocycles. The van der Waals surface area contributed by atoms with Crippen LogP contribution in [0.15, 0.2) is 60.7 Å². The highest BCUT2D eigenvalue weighted by Gasteiger charge is 2.38. The molecule has 12 heteroatoms. The minimum atomic E-state index is -4.96. The van der Waals surface area contributed by atoms with E-state index in [1.165, 1.54) is 31.2 Å². The molecule has 0 saturated heterocycles. The monoisotopic (exact) mass is 501 g/mol. The lowest BCUT2D eigenvalue weighted by Crippen LogP contribution is -2.36. The van der Waals surface area contributed by atoms with Gasteiger partial charge in [0.15, 0.2) is 0 Å². The van der Waals surface area contributed by atoms with E-state index in [9.17, 15) is 31.3 Å². The molecule has 0 radical (unpaired) electrons. The van der Waals surface area contributed by atoms with Crippen LogP contribution in [0.1, 0.15) is 12.5 Å². The molecule has 0 aromatic heterocycles. The van der Waals surface area contributed by atoms with Crippen LogP contribution in [-0.2, 0) is 20.7 Å². The van der Waals surface area contributed by atoms with Crippen LogP contribution in [0.3, 0.4) is 0 Å². The molecule has 180 valence electrons. The number of rotatable bonds is 9. The number of halogens is 5. The van der Waals surface area contributed by atoms with Gasteiger partial charge in [0, 0.05) is 0 Å². The number of benzene rings is 3. The Labute approximate surface area is 190 Å². The molecule has 0 fully saturated rings. The third kappa shape index (κ3) is 5.92. The van der Waals surface area contributed by atoms with Gasteiger partial charge in [0.05, 0.1) is 0 Å². The summed E-state index contributed by atoms with van der Waals surface area (Å²) in [6.45, 7) is 1.03. The quantitative estimate of drug-likeness (QED) is 0.134. The topological polar surface area (TPSA) is 73.9 Å². The summed E-state index contributed by atoms with van der Waals surface area (Å²) in [6, 6.07) is 14.1. The van der Waals surface area contributed by atoms with Crippen molar-refractivity contribution in [2.24, 2.45) is 0 Å². The first-order valence-corrected chi connectivity index (χ1v) is 11.2. The maximum absolute atomic E-state index is 14.1. The molecular weight excluding hydrogens is 484 g/mol. The van der Waals surface area contributed by atoms with Crippen LogP contribution in [0.25, 0.3) is 0 Å². The van der Waals surface area contributed by atoms with Gasteiger partial charge in [-0.1, -0.05) is 48.5 Å². The lowest BCUT2D eigenvalue weighted by molar-refractivity contribution is -0.146. The van der Waals surface area contributed by atoms with Crippen molar-refractivity contribution in [3.05, 3.63) is 95.3 Å². The van der Waals surface area contributed by atoms with E-state index < -0.39 is 54.6 Å². The van der Waals surface area contributed by atoms with Gasteiger partial charge in [-0.3, -0.25) is 4.79 Å². The van der Waals surface area contributed by atoms with E-state index >= 15 is 0 Å². The summed E-state index contributed by atoms with van der Waals surface area (Å²) >= 11 is 0. The molecule has 0 heterocycles. The second-order valence-corrected chi connectivity index (χ2v) is 8.45. The zero-order valence-corrected chi connectivity index (χ0v) is 18.3. The summed E-state index contributed by atoms with van der Waals surface area (Å²) in [7, 11) is -4.96. The van der Waals surface area contributed by atoms with Crippen LogP contribution in [0, 0.1) is 29.1 Å². The molecule has 3 aromatic carbocycles. The van der Waals surface area contributed by atoms with Crippen molar-refractivity contribution in [3.8, 4) is 11.5 Å². The fourth-order valence-corrected chi connectivity index (χ4v) is 4.14. The summed E-state index contributed by atoms with van der Waals surface area (Å²) in [5.41, 5.74) is 0.643. The molecule has 0 unspecified atom stereocenters. The molecular formula is C22H17F5NO5P. The van der Waals surface area contributed by atoms with E-state index in [1.807, 2.05) is 0 Å². The van der Waals surface area contributed by atoms with Crippen molar-refractivity contribution in [2.75, 3.05) is 0 Å². The summed E-state index contributed by atoms with van der Waals surface area (Å²) < 4.78 is 97.0. The number of hydrogen-bond acceptors (Lipinski definition) is 5. The minimum Gasteiger partial charge on any atom is -0.460 e. The second kappa shape index (κ2) is 10.7. The Kier molecular flexibility index (Phi) is 7.90. The highest BCUT2D eigenvalue weighted by Crippen LogP contribution is 2.47. The van der Waals surface area contributed by atoms with Crippen LogP contribution in [-0.4, -0.2) is 12.0 Å². The van der Waals surface area contributed by atoms with Crippen molar-refractivity contribution in [1.29, 1.82) is 0 Å². The predicted octanol–water partition coefficient (Wildman–Crippen LogP) is 5.67. The van der Waals surface area contributed by atoms with Gasteiger partial charge in [-0.25, -0.2) is 17.7 Å². The molecule has 3 rings (SSSR count). The second-order valence-electron chi connectivity index (χ2n) is 6.84. The molecule has 0 aliphatic rings. The van der Waals surface area contributed by atoms with Crippen LogP contribution in [0.2, 0.25) is 0 Å². The first-order chi connectivity index (χ1) is 16.1. The molecule has 3 aromatic rings. The van der Waals surface area contributed by atoms with Gasteiger partial charge in [-0.15, -0.1) is 0 Å². The zero-order valence-electron chi connectivity index (χ0n) is 17.4. The van der Waals surface area contributed by atoms with E-state index in [-0.39, 0.29) is 12.4 Å². The molecule has 0 amide bonds. The van der Waals surface area contributed by atoms with Gasteiger partial charge in [0.1, 0.15) is 18.4 Å². The van der Waals surface area contributed by atoms with Crippen LogP contribution < -0.4 is 14.1 Å². The van der Waals surface area contributed by atoms with Gasteiger partial charge < -0.3 is 13.8 Å². The van der Waals surface area contributed by atoms with Gasteiger partial charge in [-0.2, -0.15) is 13.9 Å². The Bertz CT molecular complexity index is 1180. The maximum atomic E-state index is 14.1. The molecule has 1 N–H and O–H groups in total. The summed E-state index contributed by atoms with van der Waals surface area (Å²) in [5.74, 6) is -14.7. The Morgan fingerprint density at radius 3 is 1.88 bits per heavy atom. The van der Waals surface area contributed by atoms with Crippen molar-refractivity contribution < 1.29 is 45.1 Å². The number of esters is 1. The fraction of sp³-hybridized carbons (Fsp3) is 0.136. The standard InChI is InChI=1S/C22H17F5NO5P/c1-13(22(29)31-12-14-8-4-2-5-9-14)28-34(30,32-15-10-6-3-7-11-15)33-21-19(26)17(24)16(23)18(25)20(21)27/h2-11,13H,12H2,1H3,(H,28,30)/t13-,34-/m0/s1. The van der Waals surface area contributed by atoms with Crippen LogP contribution in [0.4, 0.5) is 22.0 Å². The molecule has 0 saturated carbocycles. The van der Waals surface area contributed by atoms with Gasteiger partial charge in [0.2, 0.25) is 34.8 Å². The predicted molar refractivity (Wildman–Crippen MR) is 110 cm³/mol. The number of nitrogens with one attached hydrogen (secondary N) is 1. The van der Waals surface area contributed by atoms with Gasteiger partial charge in [0.25, 0.3) is 0 Å². The number of para-hydroxylation sites is 1. The minimum absolute atomic E-state index is 0.145. The first kappa shape index (κ1) is 25.2. The van der Waals surface area contributed by atoms with E-state index in [0.717, 1.165) is 0 Å². The maximum Gasteiger partial charge on any atom is 0.513 e. The summed E-state index contributed by atoms with van der Waals surface area (Å²) in [4.78, 5) is 12.4.